The average Bonchev–Trinajstić information content (AvgIpc) is 2.49. The predicted octanol–water partition coefficient (Wildman–Crippen LogP) is -0.329. The first-order valence-corrected chi connectivity index (χ1v) is 6.69. The Morgan fingerprint density at radius 1 is 1.14 bits per heavy atom. The maximum atomic E-state index is 12.2. The number of carboxylic acid groups (broad SMARTS) is 1. The van der Waals surface area contributed by atoms with Crippen LogP contribution in [0.15, 0.2) is 33.9 Å². The molecule has 0 saturated heterocycles. The van der Waals surface area contributed by atoms with Gasteiger partial charge in [-0.3, -0.25) is 24.3 Å². The van der Waals surface area contributed by atoms with Gasteiger partial charge in [0.15, 0.2) is 0 Å². The van der Waals surface area contributed by atoms with E-state index in [1.54, 1.807) is 24.3 Å². The van der Waals surface area contributed by atoms with Crippen molar-refractivity contribution in [3.63, 3.8) is 0 Å². The first-order valence-electron chi connectivity index (χ1n) is 6.69. The zero-order valence-corrected chi connectivity index (χ0v) is 11.7. The van der Waals surface area contributed by atoms with Gasteiger partial charge in [0.25, 0.3) is 11.1 Å². The van der Waals surface area contributed by atoms with Crippen molar-refractivity contribution in [1.29, 1.82) is 0 Å². The molecule has 116 valence electrons. The van der Waals surface area contributed by atoms with Crippen molar-refractivity contribution in [2.75, 3.05) is 6.54 Å². The second-order valence-electron chi connectivity index (χ2n) is 4.69. The van der Waals surface area contributed by atoms with Gasteiger partial charge in [-0.1, -0.05) is 12.1 Å². The molecule has 0 atom stereocenters. The number of carbonyl (C=O) groups excluding carboxylic acids is 1. The average molecular weight is 305 g/mol. The quantitative estimate of drug-likeness (QED) is 0.674. The summed E-state index contributed by atoms with van der Waals surface area (Å²) in [6.07, 6.45) is -0.202. The number of nitrogens with one attached hydrogen (secondary N) is 2. The van der Waals surface area contributed by atoms with E-state index in [0.29, 0.717) is 5.39 Å². The van der Waals surface area contributed by atoms with Gasteiger partial charge in [-0.15, -0.1) is 0 Å². The maximum Gasteiger partial charge on any atom is 0.305 e. The largest absolute Gasteiger partial charge is 0.481 e. The van der Waals surface area contributed by atoms with Crippen LogP contribution in [0.3, 0.4) is 0 Å². The van der Waals surface area contributed by atoms with Crippen molar-refractivity contribution in [1.82, 2.24) is 15.1 Å². The fourth-order valence-electron chi connectivity index (χ4n) is 2.01. The molecule has 8 heteroatoms. The molecule has 1 amide bonds. The highest BCUT2D eigenvalue weighted by atomic mass is 16.4. The molecule has 0 saturated carbocycles. The predicted molar refractivity (Wildman–Crippen MR) is 78.7 cm³/mol. The topological polar surface area (TPSA) is 121 Å². The maximum absolute atomic E-state index is 12.2. The van der Waals surface area contributed by atoms with Crippen LogP contribution >= 0.6 is 0 Å². The third-order valence-electron chi connectivity index (χ3n) is 3.11. The van der Waals surface area contributed by atoms with E-state index in [2.05, 4.69) is 10.4 Å². The smallest absolute Gasteiger partial charge is 0.305 e. The van der Waals surface area contributed by atoms with Gasteiger partial charge in [0.1, 0.15) is 0 Å². The van der Waals surface area contributed by atoms with Crippen LogP contribution < -0.4 is 16.4 Å². The molecule has 0 radical (unpaired) electrons. The van der Waals surface area contributed by atoms with Crippen LogP contribution in [0.4, 0.5) is 0 Å². The summed E-state index contributed by atoms with van der Waals surface area (Å²) in [5.41, 5.74) is -0.782. The van der Waals surface area contributed by atoms with Crippen molar-refractivity contribution >= 4 is 22.6 Å². The minimum absolute atomic E-state index is 0.0117. The lowest BCUT2D eigenvalue weighted by atomic mass is 10.2. The number of amides is 1. The lowest BCUT2D eigenvalue weighted by molar-refractivity contribution is -0.136. The second-order valence-corrected chi connectivity index (χ2v) is 4.69. The van der Waals surface area contributed by atoms with E-state index >= 15 is 0 Å². The summed E-state index contributed by atoms with van der Waals surface area (Å²) in [4.78, 5) is 45.9. The van der Waals surface area contributed by atoms with Gasteiger partial charge in [-0.25, -0.2) is 4.68 Å². The minimum atomic E-state index is -1.00. The standard InChI is InChI=1S/C14H15N3O5/c18-11(15-7-5-12(19)20)6-8-17-14(22)10-4-2-1-3-9(10)13(21)16-17/h1-4H,5-8H2,(H,15,18)(H,16,21)(H,19,20). The molecule has 0 bridgehead atoms. The number of benzene rings is 1. The second kappa shape index (κ2) is 6.70. The van der Waals surface area contributed by atoms with Gasteiger partial charge >= 0.3 is 5.97 Å². The molecule has 0 spiro atoms. The summed E-state index contributed by atoms with van der Waals surface area (Å²) in [6.45, 7) is 0.0368. The molecule has 8 nitrogen and oxygen atoms in total. The van der Waals surface area contributed by atoms with Crippen LogP contribution in [-0.2, 0) is 16.1 Å². The molecule has 0 aliphatic heterocycles. The molecule has 0 aliphatic rings. The van der Waals surface area contributed by atoms with E-state index in [9.17, 15) is 19.2 Å². The molecule has 1 heterocycles. The lowest BCUT2D eigenvalue weighted by Crippen LogP contribution is -2.33. The van der Waals surface area contributed by atoms with Crippen molar-refractivity contribution in [2.45, 2.75) is 19.4 Å². The molecule has 1 aromatic carbocycles. The third-order valence-corrected chi connectivity index (χ3v) is 3.11. The minimum Gasteiger partial charge on any atom is -0.481 e. The Hall–Kier alpha value is -2.90. The molecule has 0 aliphatic carbocycles. The number of fused-ring (bicyclic) bond motifs is 1. The summed E-state index contributed by atoms with van der Waals surface area (Å²) in [7, 11) is 0. The Balaban J connectivity index is 2.08. The number of rotatable bonds is 6. The fraction of sp³-hybridized carbons (Fsp3) is 0.286. The monoisotopic (exact) mass is 305 g/mol. The number of carboxylic acids is 1. The molecular weight excluding hydrogens is 290 g/mol. The number of aromatic nitrogens is 2. The number of aliphatic carboxylic acids is 1. The van der Waals surface area contributed by atoms with Crippen LogP contribution in [0, 0.1) is 0 Å². The summed E-state index contributed by atoms with van der Waals surface area (Å²) in [5, 5.41) is 13.9. The van der Waals surface area contributed by atoms with Crippen LogP contribution in [0.5, 0.6) is 0 Å². The lowest BCUT2D eigenvalue weighted by Gasteiger charge is -2.07. The number of aromatic amines is 1. The summed E-state index contributed by atoms with van der Waals surface area (Å²) in [6, 6.07) is 6.43. The van der Waals surface area contributed by atoms with E-state index in [1.165, 1.54) is 0 Å². The number of aryl methyl sites for hydroxylation is 1. The Kier molecular flexibility index (Phi) is 4.72. The van der Waals surface area contributed by atoms with Crippen LogP contribution in [0.1, 0.15) is 12.8 Å². The Labute approximate surface area is 124 Å². The van der Waals surface area contributed by atoms with E-state index in [4.69, 9.17) is 5.11 Å². The molecule has 22 heavy (non-hydrogen) atoms. The molecular formula is C14H15N3O5. The van der Waals surface area contributed by atoms with Crippen LogP contribution in [-0.4, -0.2) is 33.3 Å². The number of hydrogen-bond acceptors (Lipinski definition) is 4. The van der Waals surface area contributed by atoms with Crippen molar-refractivity contribution in [3.05, 3.63) is 45.0 Å². The fourth-order valence-corrected chi connectivity index (χ4v) is 2.01. The van der Waals surface area contributed by atoms with E-state index < -0.39 is 11.5 Å². The van der Waals surface area contributed by atoms with Crippen LogP contribution in [0.25, 0.3) is 10.8 Å². The molecule has 3 N–H and O–H groups in total. The van der Waals surface area contributed by atoms with Crippen LogP contribution in [0.2, 0.25) is 0 Å². The summed E-state index contributed by atoms with van der Waals surface area (Å²) in [5.74, 6) is -1.39. The van der Waals surface area contributed by atoms with Gasteiger partial charge < -0.3 is 10.4 Å². The Morgan fingerprint density at radius 3 is 2.50 bits per heavy atom. The Bertz CT molecular complexity index is 821. The highest BCUT2D eigenvalue weighted by Gasteiger charge is 2.08. The van der Waals surface area contributed by atoms with Gasteiger partial charge in [0.2, 0.25) is 5.91 Å². The number of H-pyrrole nitrogens is 1. The van der Waals surface area contributed by atoms with E-state index in [1.807, 2.05) is 0 Å². The first kappa shape index (κ1) is 15.5. The zero-order valence-electron chi connectivity index (χ0n) is 11.7. The molecule has 1 aromatic heterocycles. The highest BCUT2D eigenvalue weighted by Crippen LogP contribution is 2.02. The SMILES string of the molecule is O=C(O)CCNC(=O)CCn1[nH]c(=O)c2ccccc2c1=O. The van der Waals surface area contributed by atoms with Crippen molar-refractivity contribution in [3.8, 4) is 0 Å². The number of nitrogens with zero attached hydrogens (tertiary/aromatic N) is 1. The van der Waals surface area contributed by atoms with E-state index in [0.717, 1.165) is 4.68 Å². The third kappa shape index (κ3) is 3.60. The first-order chi connectivity index (χ1) is 10.5. The molecule has 0 fully saturated rings. The highest BCUT2D eigenvalue weighted by molar-refractivity contribution is 5.80. The zero-order chi connectivity index (χ0) is 16.1. The van der Waals surface area contributed by atoms with Crippen molar-refractivity contribution < 1.29 is 14.7 Å². The number of hydrogen-bond donors (Lipinski definition) is 3. The van der Waals surface area contributed by atoms with Gasteiger partial charge in [0, 0.05) is 13.0 Å². The van der Waals surface area contributed by atoms with Gasteiger partial charge in [-0.05, 0) is 12.1 Å². The summed E-state index contributed by atoms with van der Waals surface area (Å²) < 4.78 is 1.08. The molecule has 2 aromatic rings. The van der Waals surface area contributed by atoms with Crippen molar-refractivity contribution in [2.24, 2.45) is 0 Å². The molecule has 2 rings (SSSR count). The number of carbonyl (C=O) groups is 2. The molecule has 0 unspecified atom stereocenters. The summed E-state index contributed by atoms with van der Waals surface area (Å²) >= 11 is 0. The van der Waals surface area contributed by atoms with Gasteiger partial charge in [-0.2, -0.15) is 0 Å². The van der Waals surface area contributed by atoms with Gasteiger partial charge in [0.05, 0.1) is 23.7 Å². The van der Waals surface area contributed by atoms with E-state index in [-0.39, 0.29) is 42.8 Å². The Morgan fingerprint density at radius 2 is 1.82 bits per heavy atom. The normalized spacial score (nSPS) is 10.5.